The number of alkyl halides is 3. The van der Waals surface area contributed by atoms with Crippen LogP contribution in [0.5, 0.6) is 0 Å². The van der Waals surface area contributed by atoms with Crippen molar-refractivity contribution in [2.45, 2.75) is 63.3 Å². The lowest BCUT2D eigenvalue weighted by Crippen LogP contribution is -2.70. The van der Waals surface area contributed by atoms with Crippen LogP contribution in [0.25, 0.3) is 6.08 Å². The number of nitrogens with zero attached hydrogens (tertiary/aromatic N) is 2. The summed E-state index contributed by atoms with van der Waals surface area (Å²) in [6.07, 6.45) is 3.11. The van der Waals surface area contributed by atoms with E-state index in [1.807, 2.05) is 11.0 Å². The van der Waals surface area contributed by atoms with E-state index in [9.17, 15) is 18.0 Å². The minimum atomic E-state index is -4.80. The quantitative estimate of drug-likeness (QED) is 0.662. The number of aliphatic hydroxyl groups is 2. The van der Waals surface area contributed by atoms with Crippen LogP contribution in [-0.2, 0) is 4.79 Å². The van der Waals surface area contributed by atoms with Gasteiger partial charge in [0.15, 0.2) is 0 Å². The van der Waals surface area contributed by atoms with Crippen molar-refractivity contribution >= 4 is 12.0 Å². The van der Waals surface area contributed by atoms with E-state index in [4.69, 9.17) is 10.2 Å². The lowest BCUT2D eigenvalue weighted by atomic mass is 9.59. The summed E-state index contributed by atoms with van der Waals surface area (Å²) in [5.41, 5.74) is 1.25. The number of allylic oxidation sites excluding steroid dienone is 1. The van der Waals surface area contributed by atoms with Crippen LogP contribution in [0.1, 0.15) is 44.6 Å². The van der Waals surface area contributed by atoms with E-state index in [0.717, 1.165) is 11.3 Å². The molecule has 4 rings (SSSR count). The largest absolute Gasteiger partial charge is 0.471 e. The number of aliphatic hydroxyl groups excluding tert-OH is 2. The molecule has 5 nitrogen and oxygen atoms in total. The predicted molar refractivity (Wildman–Crippen MR) is 117 cm³/mol. The number of hydrogen-bond donors (Lipinski definition) is 2. The lowest BCUT2D eigenvalue weighted by molar-refractivity contribution is -0.199. The highest BCUT2D eigenvalue weighted by molar-refractivity contribution is 5.83. The highest BCUT2D eigenvalue weighted by atomic mass is 19.4. The highest BCUT2D eigenvalue weighted by Gasteiger charge is 2.59. The first-order valence-corrected chi connectivity index (χ1v) is 11.3. The molecule has 1 heterocycles. The van der Waals surface area contributed by atoms with Crippen molar-refractivity contribution in [3.05, 3.63) is 42.0 Å². The van der Waals surface area contributed by atoms with Crippen molar-refractivity contribution in [2.24, 2.45) is 5.41 Å². The van der Waals surface area contributed by atoms with E-state index in [1.165, 1.54) is 5.56 Å². The molecule has 2 saturated carbocycles. The molecule has 2 N–H and O–H groups in total. The van der Waals surface area contributed by atoms with E-state index in [-0.39, 0.29) is 36.8 Å². The third kappa shape index (κ3) is 5.91. The Balaban J connectivity index is 0.000000243. The summed E-state index contributed by atoms with van der Waals surface area (Å²) in [5, 5.41) is 18.3. The second-order valence-electron chi connectivity index (χ2n) is 9.15. The van der Waals surface area contributed by atoms with Crippen LogP contribution >= 0.6 is 0 Å². The maximum absolute atomic E-state index is 12.7. The molecule has 1 aromatic carbocycles. The maximum atomic E-state index is 12.7. The Morgan fingerprint density at radius 3 is 2.22 bits per heavy atom. The van der Waals surface area contributed by atoms with Gasteiger partial charge in [-0.3, -0.25) is 9.69 Å². The van der Waals surface area contributed by atoms with E-state index in [0.29, 0.717) is 38.8 Å². The van der Waals surface area contributed by atoms with Crippen LogP contribution in [0.3, 0.4) is 0 Å². The van der Waals surface area contributed by atoms with Crippen molar-refractivity contribution in [3.8, 4) is 0 Å². The Kier molecular flexibility index (Phi) is 8.01. The molecule has 0 unspecified atom stereocenters. The van der Waals surface area contributed by atoms with Crippen LogP contribution < -0.4 is 0 Å². The second-order valence-corrected chi connectivity index (χ2v) is 9.15. The SMILES string of the molecule is CC/C=C\c1ccccc1.O=C(N(C1CC1)C1CC2(C1)CN(C(CO)CO)C2)C(F)(F)F. The van der Waals surface area contributed by atoms with E-state index in [2.05, 4.69) is 43.3 Å². The van der Waals surface area contributed by atoms with Crippen LogP contribution in [0.4, 0.5) is 13.2 Å². The van der Waals surface area contributed by atoms with E-state index in [1.54, 1.807) is 0 Å². The van der Waals surface area contributed by atoms with Gasteiger partial charge in [0.05, 0.1) is 19.3 Å². The van der Waals surface area contributed by atoms with E-state index >= 15 is 0 Å². The number of benzene rings is 1. The van der Waals surface area contributed by atoms with Gasteiger partial charge in [0.2, 0.25) is 0 Å². The average molecular weight is 455 g/mol. The summed E-state index contributed by atoms with van der Waals surface area (Å²) in [4.78, 5) is 14.6. The standard InChI is InChI=1S/C14H21F3N2O3.C10H12/c15-14(16,17)12(22)19(9-1-2-9)10-3-13(4-10)7-18(8-13)11(5-20)6-21;1-2-3-7-10-8-5-4-6-9-10/h9-11,20-21H,1-8H2;3-9H,2H2,1H3/b;7-3-. The van der Waals surface area contributed by atoms with Gasteiger partial charge in [-0.25, -0.2) is 0 Å². The molecule has 0 atom stereocenters. The van der Waals surface area contributed by atoms with Gasteiger partial charge in [-0.1, -0.05) is 49.4 Å². The summed E-state index contributed by atoms with van der Waals surface area (Å²) < 4.78 is 38.1. The second kappa shape index (κ2) is 10.4. The summed E-state index contributed by atoms with van der Waals surface area (Å²) in [5.74, 6) is -1.70. The maximum Gasteiger partial charge on any atom is 0.471 e. The number of carbonyl (C=O) groups excluding carboxylic acids is 1. The number of rotatable bonds is 7. The van der Waals surface area contributed by atoms with Gasteiger partial charge in [0.25, 0.3) is 0 Å². The fourth-order valence-corrected chi connectivity index (χ4v) is 4.70. The molecular weight excluding hydrogens is 421 g/mol. The fraction of sp³-hybridized carbons (Fsp3) is 0.625. The third-order valence-corrected chi connectivity index (χ3v) is 6.51. The molecule has 3 aliphatic rings. The van der Waals surface area contributed by atoms with Gasteiger partial charge >= 0.3 is 12.1 Å². The first-order chi connectivity index (χ1) is 15.2. The summed E-state index contributed by atoms with van der Waals surface area (Å²) >= 11 is 0. The molecule has 1 aliphatic heterocycles. The molecular formula is C24H33F3N2O3. The molecule has 2 aliphatic carbocycles. The molecule has 3 fully saturated rings. The highest BCUT2D eigenvalue weighted by Crippen LogP contribution is 2.53. The number of hydrogen-bond acceptors (Lipinski definition) is 4. The van der Waals surface area contributed by atoms with Gasteiger partial charge < -0.3 is 15.1 Å². The van der Waals surface area contributed by atoms with Crippen LogP contribution in [-0.4, -0.2) is 76.5 Å². The zero-order chi connectivity index (χ0) is 23.4. The Bertz CT molecular complexity index is 762. The van der Waals surface area contributed by atoms with Gasteiger partial charge in [-0.15, -0.1) is 0 Å². The molecule has 0 radical (unpaired) electrons. The fourth-order valence-electron chi connectivity index (χ4n) is 4.70. The lowest BCUT2D eigenvalue weighted by Gasteiger charge is -2.62. The molecule has 178 valence electrons. The molecule has 32 heavy (non-hydrogen) atoms. The minimum absolute atomic E-state index is 0.0354. The summed E-state index contributed by atoms with van der Waals surface area (Å²) in [6.45, 7) is 3.23. The first kappa shape index (κ1) is 24.7. The van der Waals surface area contributed by atoms with Crippen molar-refractivity contribution < 1.29 is 28.2 Å². The molecule has 1 spiro atoms. The molecule has 0 aromatic heterocycles. The number of amides is 1. The van der Waals surface area contributed by atoms with Gasteiger partial charge in [-0.05, 0) is 43.1 Å². The monoisotopic (exact) mass is 454 g/mol. The Labute approximate surface area is 187 Å². The Morgan fingerprint density at radius 2 is 1.75 bits per heavy atom. The van der Waals surface area contributed by atoms with Crippen LogP contribution in [0, 0.1) is 5.41 Å². The topological polar surface area (TPSA) is 64.0 Å². The first-order valence-electron chi connectivity index (χ1n) is 11.3. The van der Waals surface area contributed by atoms with Gasteiger partial charge in [-0.2, -0.15) is 13.2 Å². The van der Waals surface area contributed by atoms with Crippen molar-refractivity contribution in [1.29, 1.82) is 0 Å². The van der Waals surface area contributed by atoms with E-state index < -0.39 is 12.1 Å². The van der Waals surface area contributed by atoms with Gasteiger partial charge in [0, 0.05) is 25.2 Å². The van der Waals surface area contributed by atoms with Crippen molar-refractivity contribution in [3.63, 3.8) is 0 Å². The zero-order valence-corrected chi connectivity index (χ0v) is 18.5. The minimum Gasteiger partial charge on any atom is -0.395 e. The number of likely N-dealkylation sites (tertiary alicyclic amines) is 1. The molecule has 1 aromatic rings. The Hall–Kier alpha value is -1.90. The van der Waals surface area contributed by atoms with Crippen LogP contribution in [0.2, 0.25) is 0 Å². The van der Waals surface area contributed by atoms with Crippen LogP contribution in [0.15, 0.2) is 36.4 Å². The molecule has 0 bridgehead atoms. The normalized spacial score (nSPS) is 20.6. The predicted octanol–water partition coefficient (Wildman–Crippen LogP) is 3.47. The summed E-state index contributed by atoms with van der Waals surface area (Å²) in [6, 6.07) is 9.49. The third-order valence-electron chi connectivity index (χ3n) is 6.51. The Morgan fingerprint density at radius 1 is 1.16 bits per heavy atom. The van der Waals surface area contributed by atoms with Gasteiger partial charge in [0.1, 0.15) is 0 Å². The zero-order valence-electron chi connectivity index (χ0n) is 18.5. The van der Waals surface area contributed by atoms with Crippen molar-refractivity contribution in [1.82, 2.24) is 9.80 Å². The number of halogens is 3. The smallest absolute Gasteiger partial charge is 0.395 e. The molecule has 8 heteroatoms. The number of carbonyl (C=O) groups is 1. The van der Waals surface area contributed by atoms with Crippen molar-refractivity contribution in [2.75, 3.05) is 26.3 Å². The average Bonchev–Trinajstić information content (AvgIpc) is 3.54. The molecule has 1 saturated heterocycles. The summed E-state index contributed by atoms with van der Waals surface area (Å²) in [7, 11) is 0. The molecule has 1 amide bonds.